The van der Waals surface area contributed by atoms with E-state index in [4.69, 9.17) is 9.15 Å². The van der Waals surface area contributed by atoms with Crippen molar-refractivity contribution in [2.75, 3.05) is 6.54 Å². The minimum absolute atomic E-state index is 0.0151. The molecular formula is C13H11NO2. The molecule has 0 amide bonds. The van der Waals surface area contributed by atoms with Crippen LogP contribution in [0.2, 0.25) is 0 Å². The molecule has 0 radical (unpaired) electrons. The first-order valence-electron chi connectivity index (χ1n) is 5.23. The summed E-state index contributed by atoms with van der Waals surface area (Å²) in [6, 6.07) is 13.8. The van der Waals surface area contributed by atoms with Gasteiger partial charge < -0.3 is 9.15 Å². The van der Waals surface area contributed by atoms with E-state index in [0.717, 1.165) is 5.56 Å². The van der Waals surface area contributed by atoms with Crippen LogP contribution in [0.4, 0.5) is 0 Å². The molecule has 0 bridgehead atoms. The molecule has 3 rings (SSSR count). The SMILES string of the molecule is c1ccc(C2CN=C(c3ccco3)O2)cc1. The number of hydrogen-bond acceptors (Lipinski definition) is 3. The number of rotatable bonds is 2. The van der Waals surface area contributed by atoms with Crippen molar-refractivity contribution in [1.29, 1.82) is 0 Å². The molecule has 0 aliphatic carbocycles. The molecule has 0 fully saturated rings. The summed E-state index contributed by atoms with van der Waals surface area (Å²) in [6.07, 6.45) is 1.64. The van der Waals surface area contributed by atoms with Gasteiger partial charge in [-0.1, -0.05) is 30.3 Å². The van der Waals surface area contributed by atoms with Crippen LogP contribution in [-0.4, -0.2) is 12.4 Å². The van der Waals surface area contributed by atoms with Crippen LogP contribution in [0.15, 0.2) is 58.1 Å². The van der Waals surface area contributed by atoms with Crippen molar-refractivity contribution in [2.45, 2.75) is 6.10 Å². The van der Waals surface area contributed by atoms with Crippen molar-refractivity contribution in [3.05, 3.63) is 60.1 Å². The fraction of sp³-hybridized carbons (Fsp3) is 0.154. The number of hydrogen-bond donors (Lipinski definition) is 0. The number of benzene rings is 1. The summed E-state index contributed by atoms with van der Waals surface area (Å²) in [5, 5.41) is 0. The van der Waals surface area contributed by atoms with Gasteiger partial charge in [0, 0.05) is 0 Å². The fourth-order valence-corrected chi connectivity index (χ4v) is 1.75. The highest BCUT2D eigenvalue weighted by Crippen LogP contribution is 2.24. The largest absolute Gasteiger partial charge is 0.465 e. The van der Waals surface area contributed by atoms with E-state index < -0.39 is 0 Å². The van der Waals surface area contributed by atoms with Crippen LogP contribution in [-0.2, 0) is 4.74 Å². The summed E-state index contributed by atoms with van der Waals surface area (Å²) in [5.41, 5.74) is 1.15. The molecule has 1 unspecified atom stereocenters. The van der Waals surface area contributed by atoms with Gasteiger partial charge in [-0.05, 0) is 17.7 Å². The summed E-state index contributed by atoms with van der Waals surface area (Å²) < 4.78 is 11.0. The van der Waals surface area contributed by atoms with Gasteiger partial charge in [0.15, 0.2) is 5.76 Å². The van der Waals surface area contributed by atoms with Gasteiger partial charge in [-0.25, -0.2) is 4.99 Å². The fourth-order valence-electron chi connectivity index (χ4n) is 1.75. The zero-order valence-corrected chi connectivity index (χ0v) is 8.67. The van der Waals surface area contributed by atoms with Crippen molar-refractivity contribution in [3.8, 4) is 0 Å². The summed E-state index contributed by atoms with van der Waals surface area (Å²) in [7, 11) is 0. The average Bonchev–Trinajstić information content (AvgIpc) is 3.01. The predicted molar refractivity (Wildman–Crippen MR) is 60.4 cm³/mol. The Morgan fingerprint density at radius 1 is 1.06 bits per heavy atom. The first-order chi connectivity index (χ1) is 7.93. The van der Waals surface area contributed by atoms with Gasteiger partial charge in [-0.15, -0.1) is 0 Å². The Kier molecular flexibility index (Phi) is 2.22. The lowest BCUT2D eigenvalue weighted by atomic mass is 10.1. The molecule has 1 aliphatic heterocycles. The lowest BCUT2D eigenvalue weighted by Crippen LogP contribution is -2.05. The highest BCUT2D eigenvalue weighted by Gasteiger charge is 2.23. The maximum absolute atomic E-state index is 5.75. The van der Waals surface area contributed by atoms with E-state index in [1.54, 1.807) is 6.26 Å². The van der Waals surface area contributed by atoms with E-state index in [1.165, 1.54) is 0 Å². The highest BCUT2D eigenvalue weighted by molar-refractivity contribution is 5.92. The Balaban J connectivity index is 1.78. The topological polar surface area (TPSA) is 34.7 Å². The van der Waals surface area contributed by atoms with Crippen LogP contribution in [0.25, 0.3) is 0 Å². The van der Waals surface area contributed by atoms with E-state index in [9.17, 15) is 0 Å². The lowest BCUT2D eigenvalue weighted by molar-refractivity contribution is 0.226. The normalized spacial score (nSPS) is 19.2. The van der Waals surface area contributed by atoms with E-state index in [1.807, 2.05) is 42.5 Å². The molecule has 0 N–H and O–H groups in total. The molecule has 80 valence electrons. The number of ether oxygens (including phenoxy) is 1. The third-order valence-corrected chi connectivity index (χ3v) is 2.56. The van der Waals surface area contributed by atoms with Crippen LogP contribution in [0.1, 0.15) is 17.4 Å². The zero-order chi connectivity index (χ0) is 10.8. The quantitative estimate of drug-likeness (QED) is 0.768. The molecule has 0 saturated heterocycles. The molecule has 1 aromatic heterocycles. The van der Waals surface area contributed by atoms with Crippen LogP contribution in [0, 0.1) is 0 Å². The van der Waals surface area contributed by atoms with E-state index in [-0.39, 0.29) is 6.10 Å². The Hall–Kier alpha value is -2.03. The van der Waals surface area contributed by atoms with Gasteiger partial charge in [0.1, 0.15) is 6.10 Å². The second-order valence-corrected chi connectivity index (χ2v) is 3.64. The third-order valence-electron chi connectivity index (χ3n) is 2.56. The lowest BCUT2D eigenvalue weighted by Gasteiger charge is -2.10. The Morgan fingerprint density at radius 3 is 2.69 bits per heavy atom. The molecule has 2 aromatic rings. The summed E-state index contributed by atoms with van der Waals surface area (Å²) in [4.78, 5) is 4.34. The van der Waals surface area contributed by atoms with Gasteiger partial charge in [0.05, 0.1) is 12.8 Å². The van der Waals surface area contributed by atoms with E-state index in [2.05, 4.69) is 4.99 Å². The van der Waals surface area contributed by atoms with Crippen LogP contribution >= 0.6 is 0 Å². The molecule has 3 heteroatoms. The second-order valence-electron chi connectivity index (χ2n) is 3.64. The van der Waals surface area contributed by atoms with Crippen LogP contribution < -0.4 is 0 Å². The van der Waals surface area contributed by atoms with Crippen LogP contribution in [0.5, 0.6) is 0 Å². The summed E-state index contributed by atoms with van der Waals surface area (Å²) in [6.45, 7) is 0.653. The zero-order valence-electron chi connectivity index (χ0n) is 8.67. The Bertz CT molecular complexity index is 488. The average molecular weight is 213 g/mol. The summed E-state index contributed by atoms with van der Waals surface area (Å²) >= 11 is 0. The number of aliphatic imine (C=N–C) groups is 1. The predicted octanol–water partition coefficient (Wildman–Crippen LogP) is 2.80. The van der Waals surface area contributed by atoms with E-state index >= 15 is 0 Å². The van der Waals surface area contributed by atoms with Crippen molar-refractivity contribution >= 4 is 5.90 Å². The third kappa shape index (κ3) is 1.60. The van der Waals surface area contributed by atoms with Gasteiger partial charge >= 0.3 is 0 Å². The first-order valence-corrected chi connectivity index (χ1v) is 5.23. The first kappa shape index (κ1) is 9.21. The minimum atomic E-state index is 0.0151. The molecule has 1 atom stereocenters. The molecular weight excluding hydrogens is 202 g/mol. The number of nitrogens with zero attached hydrogens (tertiary/aromatic N) is 1. The van der Waals surface area contributed by atoms with Crippen molar-refractivity contribution in [1.82, 2.24) is 0 Å². The van der Waals surface area contributed by atoms with Gasteiger partial charge in [-0.2, -0.15) is 0 Å². The maximum atomic E-state index is 5.75. The Labute approximate surface area is 93.4 Å². The second kappa shape index (κ2) is 3.85. The maximum Gasteiger partial charge on any atom is 0.253 e. The minimum Gasteiger partial charge on any atom is -0.465 e. The van der Waals surface area contributed by atoms with Gasteiger partial charge in [-0.3, -0.25) is 0 Å². The van der Waals surface area contributed by atoms with Gasteiger partial charge in [0.25, 0.3) is 5.90 Å². The molecule has 0 saturated carbocycles. The Morgan fingerprint density at radius 2 is 1.94 bits per heavy atom. The highest BCUT2D eigenvalue weighted by atomic mass is 16.5. The molecule has 16 heavy (non-hydrogen) atoms. The number of furan rings is 1. The molecule has 1 aromatic carbocycles. The standard InChI is InChI=1S/C13H11NO2/c1-2-5-10(6-3-1)12-9-14-13(16-12)11-7-4-8-15-11/h1-8,12H,9H2. The van der Waals surface area contributed by atoms with E-state index in [0.29, 0.717) is 18.2 Å². The smallest absolute Gasteiger partial charge is 0.253 e. The molecule has 2 heterocycles. The van der Waals surface area contributed by atoms with Crippen molar-refractivity contribution < 1.29 is 9.15 Å². The van der Waals surface area contributed by atoms with Crippen molar-refractivity contribution in [2.24, 2.45) is 4.99 Å². The monoisotopic (exact) mass is 213 g/mol. The molecule has 3 nitrogen and oxygen atoms in total. The summed E-state index contributed by atoms with van der Waals surface area (Å²) in [5.74, 6) is 1.29. The van der Waals surface area contributed by atoms with Crippen molar-refractivity contribution in [3.63, 3.8) is 0 Å². The molecule has 0 spiro atoms. The molecule has 1 aliphatic rings. The van der Waals surface area contributed by atoms with Gasteiger partial charge in [0.2, 0.25) is 0 Å². The van der Waals surface area contributed by atoms with Crippen LogP contribution in [0.3, 0.4) is 0 Å².